The molecule has 4 bridgehead atoms. The molecule has 2 fully saturated rings. The van der Waals surface area contributed by atoms with E-state index < -0.39 is 0 Å². The highest BCUT2D eigenvalue weighted by molar-refractivity contribution is 6.26. The first-order valence-electron chi connectivity index (χ1n) is 23.1. The van der Waals surface area contributed by atoms with Crippen LogP contribution in [0, 0.1) is 22.7 Å². The Morgan fingerprint density at radius 2 is 0.787 bits per heavy atom. The van der Waals surface area contributed by atoms with E-state index in [2.05, 4.69) is 161 Å². The quantitative estimate of drug-likeness (QED) is 0.174. The normalized spacial score (nSPS) is 26.0. The molecular formula is C58H55NO2. The first kappa shape index (κ1) is 37.2. The minimum absolute atomic E-state index is 0.0380. The maximum absolute atomic E-state index is 15.0. The average molecular weight is 798 g/mol. The van der Waals surface area contributed by atoms with E-state index in [9.17, 15) is 0 Å². The van der Waals surface area contributed by atoms with Gasteiger partial charge in [0, 0.05) is 43.5 Å². The molecule has 14 rings (SSSR count). The summed E-state index contributed by atoms with van der Waals surface area (Å²) in [5.74, 6) is 1.25. The second-order valence-corrected chi connectivity index (χ2v) is 21.0. The number of ketones is 2. The minimum Gasteiger partial charge on any atom is -0.308 e. The monoisotopic (exact) mass is 797 g/mol. The number of carbonyl (C=O) groups is 2. The van der Waals surface area contributed by atoms with E-state index in [-0.39, 0.29) is 33.5 Å². The summed E-state index contributed by atoms with van der Waals surface area (Å²) >= 11 is 0. The van der Waals surface area contributed by atoms with Crippen molar-refractivity contribution in [2.24, 2.45) is 22.7 Å². The molecule has 6 aliphatic rings. The van der Waals surface area contributed by atoms with Gasteiger partial charge < -0.3 is 4.40 Å². The molecule has 0 radical (unpaired) electrons. The number of Topliss-reactive ketones (excluding diaryl/α,β-unsaturated/α-hetero) is 2. The molecule has 0 atom stereocenters. The third kappa shape index (κ3) is 4.92. The number of aromatic nitrogens is 1. The van der Waals surface area contributed by atoms with Gasteiger partial charge >= 0.3 is 0 Å². The van der Waals surface area contributed by atoms with Crippen LogP contribution in [-0.2, 0) is 10.8 Å². The zero-order valence-corrected chi connectivity index (χ0v) is 36.5. The zero-order valence-electron chi connectivity index (χ0n) is 36.5. The van der Waals surface area contributed by atoms with Crippen molar-refractivity contribution in [2.45, 2.75) is 104 Å². The van der Waals surface area contributed by atoms with E-state index in [1.165, 1.54) is 71.6 Å². The van der Waals surface area contributed by atoms with Crippen LogP contribution >= 0.6 is 0 Å². The SMILES string of the molecule is CC(C)C12CCC(C)(CC1)c1cc3c4cc(-c5ccc(-c6ccc(-c7ccccc7)cc6)cc5)cc5c6cc7c(cc6n(c3cc1C2=O)c45)C(=O)C1(C(C)C)CCC7(C)CC1. The van der Waals surface area contributed by atoms with Crippen molar-refractivity contribution < 1.29 is 9.59 Å². The molecule has 304 valence electrons. The van der Waals surface area contributed by atoms with Crippen LogP contribution in [0.1, 0.15) is 125 Å². The summed E-state index contributed by atoms with van der Waals surface area (Å²) in [5.41, 5.74) is 14.2. The van der Waals surface area contributed by atoms with Crippen LogP contribution in [0.5, 0.6) is 0 Å². The highest BCUT2D eigenvalue weighted by Crippen LogP contribution is 2.59. The van der Waals surface area contributed by atoms with Crippen molar-refractivity contribution in [3.63, 3.8) is 0 Å². The Labute approximate surface area is 359 Å². The molecule has 2 aromatic heterocycles. The van der Waals surface area contributed by atoms with E-state index in [4.69, 9.17) is 0 Å². The van der Waals surface area contributed by atoms with E-state index in [1.54, 1.807) is 0 Å². The predicted molar refractivity (Wildman–Crippen MR) is 252 cm³/mol. The van der Waals surface area contributed by atoms with Crippen LogP contribution in [0.2, 0.25) is 0 Å². The third-order valence-electron chi connectivity index (χ3n) is 17.6. The molecule has 6 aromatic carbocycles. The van der Waals surface area contributed by atoms with Gasteiger partial charge in [0.15, 0.2) is 11.6 Å². The summed E-state index contributed by atoms with van der Waals surface area (Å²) in [6.45, 7) is 13.9. The standard InChI is InChI=1S/C58H55NO2/c1-34(2)57-24-20-55(5,21-25-57)48-30-42-44-28-41(40-18-16-39(17-19-40)38-14-12-37(13-15-38)36-10-8-7-9-11-36)29-45-43-31-49-47(54(61)58(35(3)4)26-22-56(49,6)23-27-58)33-51(43)59(52(44)45)50(42)32-46(48)53(57)60/h7-19,28-35H,20-27H2,1-6H3. The van der Waals surface area contributed by atoms with E-state index >= 15 is 9.59 Å². The third-order valence-corrected chi connectivity index (χ3v) is 17.6. The number of carbonyl (C=O) groups excluding carboxylic acids is 2. The van der Waals surface area contributed by atoms with Crippen molar-refractivity contribution >= 4 is 49.7 Å². The van der Waals surface area contributed by atoms with Gasteiger partial charge in [-0.25, -0.2) is 0 Å². The van der Waals surface area contributed by atoms with Gasteiger partial charge in [0.05, 0.1) is 16.6 Å². The Balaban J connectivity index is 1.09. The van der Waals surface area contributed by atoms with Crippen LogP contribution in [0.3, 0.4) is 0 Å². The van der Waals surface area contributed by atoms with Crippen LogP contribution in [-0.4, -0.2) is 16.0 Å². The summed E-state index contributed by atoms with van der Waals surface area (Å²) in [6.07, 6.45) is 7.98. The molecule has 0 amide bonds. The van der Waals surface area contributed by atoms with E-state index in [0.717, 1.165) is 73.5 Å². The first-order valence-corrected chi connectivity index (χ1v) is 23.1. The fraction of sp³-hybridized carbons (Fsp3) is 0.345. The summed E-state index contributed by atoms with van der Waals surface area (Å²) in [6, 6.07) is 42.7. The molecule has 2 saturated carbocycles. The van der Waals surface area contributed by atoms with Gasteiger partial charge in [0.1, 0.15) is 0 Å². The number of hydrogen-bond donors (Lipinski definition) is 0. The first-order chi connectivity index (χ1) is 29.3. The highest BCUT2D eigenvalue weighted by atomic mass is 16.1. The lowest BCUT2D eigenvalue weighted by Gasteiger charge is -2.42. The van der Waals surface area contributed by atoms with Gasteiger partial charge in [-0.05, 0) is 155 Å². The van der Waals surface area contributed by atoms with E-state index in [0.29, 0.717) is 11.6 Å². The van der Waals surface area contributed by atoms with Crippen molar-refractivity contribution in [2.75, 3.05) is 0 Å². The molecule has 0 aliphatic heterocycles. The Bertz CT molecular complexity index is 2980. The summed E-state index contributed by atoms with van der Waals surface area (Å²) in [5, 5.41) is 4.87. The molecule has 61 heavy (non-hydrogen) atoms. The van der Waals surface area contributed by atoms with Crippen LogP contribution in [0.4, 0.5) is 0 Å². The number of rotatable bonds is 5. The van der Waals surface area contributed by atoms with E-state index in [1.807, 2.05) is 0 Å². The average Bonchev–Trinajstić information content (AvgIpc) is 3.67. The summed E-state index contributed by atoms with van der Waals surface area (Å²) in [4.78, 5) is 30.0. The predicted octanol–water partition coefficient (Wildman–Crippen LogP) is 15.2. The maximum atomic E-state index is 15.0. The van der Waals surface area contributed by atoms with Crippen molar-refractivity contribution in [3.05, 3.63) is 138 Å². The van der Waals surface area contributed by atoms with Gasteiger partial charge in [0.2, 0.25) is 0 Å². The Hall–Kier alpha value is -5.54. The van der Waals surface area contributed by atoms with Gasteiger partial charge in [-0.1, -0.05) is 120 Å². The summed E-state index contributed by atoms with van der Waals surface area (Å²) in [7, 11) is 0. The molecule has 3 nitrogen and oxygen atoms in total. The van der Waals surface area contributed by atoms with Crippen molar-refractivity contribution in [1.82, 2.24) is 4.40 Å². The fourth-order valence-electron chi connectivity index (χ4n) is 13.2. The lowest BCUT2D eigenvalue weighted by Crippen LogP contribution is -2.39. The molecule has 3 heteroatoms. The Morgan fingerprint density at radius 3 is 1.16 bits per heavy atom. The smallest absolute Gasteiger partial charge is 0.169 e. The topological polar surface area (TPSA) is 38.5 Å². The van der Waals surface area contributed by atoms with Crippen LogP contribution in [0.15, 0.2) is 115 Å². The molecule has 0 spiro atoms. The number of benzene rings is 6. The minimum atomic E-state index is -0.314. The second-order valence-electron chi connectivity index (χ2n) is 21.0. The van der Waals surface area contributed by atoms with Crippen molar-refractivity contribution in [3.8, 4) is 33.4 Å². The van der Waals surface area contributed by atoms with Crippen LogP contribution in [0.25, 0.3) is 71.5 Å². The number of nitrogens with zero attached hydrogens (tertiary/aromatic N) is 1. The Kier molecular flexibility index (Phi) is 7.65. The van der Waals surface area contributed by atoms with Gasteiger partial charge in [-0.15, -0.1) is 0 Å². The molecule has 0 N–H and O–H groups in total. The van der Waals surface area contributed by atoms with Crippen LogP contribution < -0.4 is 0 Å². The van der Waals surface area contributed by atoms with Crippen molar-refractivity contribution in [1.29, 1.82) is 0 Å². The molecule has 0 unspecified atom stereocenters. The number of fused-ring (bicyclic) bond motifs is 10. The molecule has 6 aliphatic carbocycles. The lowest BCUT2D eigenvalue weighted by molar-refractivity contribution is 0.0537. The second kappa shape index (κ2) is 12.5. The number of hydrogen-bond acceptors (Lipinski definition) is 2. The Morgan fingerprint density at radius 1 is 0.426 bits per heavy atom. The molecular weight excluding hydrogens is 743 g/mol. The molecule has 2 heterocycles. The molecule has 8 aromatic rings. The lowest BCUT2D eigenvalue weighted by atomic mass is 9.60. The molecule has 0 saturated heterocycles. The largest absolute Gasteiger partial charge is 0.308 e. The van der Waals surface area contributed by atoms with Gasteiger partial charge in [0.25, 0.3) is 0 Å². The summed E-state index contributed by atoms with van der Waals surface area (Å²) < 4.78 is 2.44. The zero-order chi connectivity index (χ0) is 41.8. The maximum Gasteiger partial charge on any atom is 0.169 e. The van der Waals surface area contributed by atoms with Gasteiger partial charge in [-0.2, -0.15) is 0 Å². The fourth-order valence-corrected chi connectivity index (χ4v) is 13.2. The van der Waals surface area contributed by atoms with Gasteiger partial charge in [-0.3, -0.25) is 9.59 Å². The highest BCUT2D eigenvalue weighted by Gasteiger charge is 2.54.